The Morgan fingerprint density at radius 2 is 1.49 bits per heavy atom. The van der Waals surface area contributed by atoms with Crippen LogP contribution in [-0.2, 0) is 28.5 Å². The van der Waals surface area contributed by atoms with E-state index >= 15 is 0 Å². The molecule has 1 aliphatic rings. The molecule has 0 atom stereocenters. The number of ether oxygens (including phenoxy) is 6. The van der Waals surface area contributed by atoms with Crippen molar-refractivity contribution in [3.8, 4) is 5.75 Å². The first-order valence-electron chi connectivity index (χ1n) is 15.0. The van der Waals surface area contributed by atoms with Gasteiger partial charge in [-0.3, -0.25) is 4.79 Å². The van der Waals surface area contributed by atoms with Gasteiger partial charge >= 0.3 is 0 Å². The Hall–Kier alpha value is -2.55. The number of benzene rings is 1. The van der Waals surface area contributed by atoms with E-state index in [1.807, 2.05) is 38.2 Å². The van der Waals surface area contributed by atoms with Crippen molar-refractivity contribution < 1.29 is 33.2 Å². The Morgan fingerprint density at radius 3 is 2.05 bits per heavy atom. The maximum Gasteiger partial charge on any atom is 0.229 e. The third-order valence-corrected chi connectivity index (χ3v) is 7.19. The number of aromatic nitrogens is 2. The number of hydrogen-bond acceptors (Lipinski definition) is 11. The van der Waals surface area contributed by atoms with Gasteiger partial charge in [-0.1, -0.05) is 6.42 Å². The van der Waals surface area contributed by atoms with Gasteiger partial charge in [0.05, 0.1) is 63.9 Å². The number of nitrogens with zero attached hydrogens (tertiary/aromatic N) is 3. The number of rotatable bonds is 24. The Kier molecular flexibility index (Phi) is 17.2. The number of anilines is 3. The van der Waals surface area contributed by atoms with Gasteiger partial charge in [0.25, 0.3) is 0 Å². The lowest BCUT2D eigenvalue weighted by atomic mass is 9.84. The van der Waals surface area contributed by atoms with Crippen LogP contribution in [0.15, 0.2) is 34.9 Å². The number of nitrogens with one attached hydrogen (secondary N) is 2. The zero-order valence-electron chi connectivity index (χ0n) is 25.4. The van der Waals surface area contributed by atoms with Crippen molar-refractivity contribution in [1.82, 2.24) is 14.9 Å². The van der Waals surface area contributed by atoms with E-state index in [1.54, 1.807) is 11.1 Å². The van der Waals surface area contributed by atoms with Crippen LogP contribution in [0, 0.1) is 5.92 Å². The molecule has 2 N–H and O–H groups in total. The van der Waals surface area contributed by atoms with Gasteiger partial charge in [0.1, 0.15) is 18.2 Å². The molecule has 0 bridgehead atoms. The molecule has 0 unspecified atom stereocenters. The summed E-state index contributed by atoms with van der Waals surface area (Å²) in [5.41, 5.74) is 0.831. The molecule has 0 saturated heterocycles. The van der Waals surface area contributed by atoms with Crippen molar-refractivity contribution in [2.24, 2.45) is 5.92 Å². The molecular formula is C30H46BrN5O7. The summed E-state index contributed by atoms with van der Waals surface area (Å²) in [7, 11) is 1.85. The third kappa shape index (κ3) is 14.2. The van der Waals surface area contributed by atoms with Gasteiger partial charge in [-0.25, -0.2) is 4.98 Å². The molecule has 0 aliphatic heterocycles. The maximum absolute atomic E-state index is 12.3. The Morgan fingerprint density at radius 1 is 0.907 bits per heavy atom. The lowest BCUT2D eigenvalue weighted by Gasteiger charge is -2.29. The van der Waals surface area contributed by atoms with E-state index in [0.717, 1.165) is 35.2 Å². The van der Waals surface area contributed by atoms with E-state index < -0.39 is 0 Å². The van der Waals surface area contributed by atoms with Crippen LogP contribution in [0.1, 0.15) is 26.2 Å². The first kappa shape index (κ1) is 34.9. The molecule has 3 rings (SSSR count). The predicted molar refractivity (Wildman–Crippen MR) is 168 cm³/mol. The van der Waals surface area contributed by atoms with E-state index in [2.05, 4.69) is 36.5 Å². The van der Waals surface area contributed by atoms with Gasteiger partial charge in [-0.2, -0.15) is 4.98 Å². The molecule has 0 spiro atoms. The van der Waals surface area contributed by atoms with E-state index in [9.17, 15) is 4.79 Å². The minimum atomic E-state index is 0.201. The van der Waals surface area contributed by atoms with Crippen molar-refractivity contribution in [2.75, 3.05) is 103 Å². The summed E-state index contributed by atoms with van der Waals surface area (Å²) in [4.78, 5) is 23.0. The SMILES string of the molecule is CCOCCOCCOCCOCCOCCOc1ccc(Nc2ncc(Br)c(NCCN(C)C(=O)C3CCC3)n2)cc1. The molecule has 0 radical (unpaired) electrons. The van der Waals surface area contributed by atoms with Crippen LogP contribution >= 0.6 is 15.9 Å². The average Bonchev–Trinajstić information content (AvgIpc) is 2.98. The van der Waals surface area contributed by atoms with E-state index in [1.165, 1.54) is 0 Å². The van der Waals surface area contributed by atoms with E-state index in [0.29, 0.717) is 97.5 Å². The van der Waals surface area contributed by atoms with Crippen molar-refractivity contribution >= 4 is 39.3 Å². The number of hydrogen-bond donors (Lipinski definition) is 2. The highest BCUT2D eigenvalue weighted by Crippen LogP contribution is 2.28. The molecule has 13 heteroatoms. The summed E-state index contributed by atoms with van der Waals surface area (Å²) in [6.45, 7) is 9.09. The van der Waals surface area contributed by atoms with Crippen molar-refractivity contribution in [1.29, 1.82) is 0 Å². The number of likely N-dealkylation sites (N-methyl/N-ethyl adjacent to an activating group) is 1. The van der Waals surface area contributed by atoms with Crippen LogP contribution in [0.25, 0.3) is 0 Å². The highest BCUT2D eigenvalue weighted by Gasteiger charge is 2.27. The van der Waals surface area contributed by atoms with Crippen molar-refractivity contribution in [2.45, 2.75) is 26.2 Å². The molecule has 1 heterocycles. The summed E-state index contributed by atoms with van der Waals surface area (Å²) >= 11 is 3.49. The molecular weight excluding hydrogens is 622 g/mol. The van der Waals surface area contributed by atoms with E-state index in [-0.39, 0.29) is 11.8 Å². The van der Waals surface area contributed by atoms with Gasteiger partial charge in [0.2, 0.25) is 11.9 Å². The second-order valence-corrected chi connectivity index (χ2v) is 10.7. The standard InChI is InChI=1S/C30H46BrN5O7/c1-3-38-13-14-39-15-16-40-17-18-41-19-20-42-21-22-43-26-9-7-25(8-10-26)34-30-33-23-27(31)28(35-30)32-11-12-36(2)29(37)24-5-4-6-24/h7-10,23-24H,3-6,11-22H2,1-2H3,(H2,32,33,34,35). The first-order chi connectivity index (χ1) is 21.1. The topological polar surface area (TPSA) is 126 Å². The second-order valence-electron chi connectivity index (χ2n) is 9.85. The Labute approximate surface area is 263 Å². The minimum Gasteiger partial charge on any atom is -0.491 e. The van der Waals surface area contributed by atoms with Crippen LogP contribution in [0.2, 0.25) is 0 Å². The fraction of sp³-hybridized carbons (Fsp3) is 0.633. The van der Waals surface area contributed by atoms with Gasteiger partial charge in [-0.05, 0) is 60.0 Å². The van der Waals surface area contributed by atoms with Crippen molar-refractivity contribution in [3.63, 3.8) is 0 Å². The zero-order chi connectivity index (χ0) is 30.5. The van der Waals surface area contributed by atoms with Gasteiger partial charge in [0, 0.05) is 44.5 Å². The zero-order valence-corrected chi connectivity index (χ0v) is 26.9. The summed E-state index contributed by atoms with van der Waals surface area (Å²) in [6.07, 6.45) is 4.86. The van der Waals surface area contributed by atoms with Gasteiger partial charge < -0.3 is 44.0 Å². The van der Waals surface area contributed by atoms with Crippen LogP contribution in [-0.4, -0.2) is 114 Å². The number of carbonyl (C=O) groups is 1. The summed E-state index contributed by atoms with van der Waals surface area (Å²) in [5.74, 6) is 2.29. The molecule has 240 valence electrons. The van der Waals surface area contributed by atoms with Crippen molar-refractivity contribution in [3.05, 3.63) is 34.9 Å². The molecule has 12 nitrogen and oxygen atoms in total. The highest BCUT2D eigenvalue weighted by atomic mass is 79.9. The molecule has 43 heavy (non-hydrogen) atoms. The average molecular weight is 669 g/mol. The predicted octanol–water partition coefficient (Wildman–Crippen LogP) is 4.13. The molecule has 1 amide bonds. The molecule has 1 fully saturated rings. The maximum atomic E-state index is 12.3. The third-order valence-electron chi connectivity index (χ3n) is 6.61. The number of halogens is 1. The quantitative estimate of drug-likeness (QED) is 0.157. The number of amides is 1. The Balaban J connectivity index is 1.22. The smallest absolute Gasteiger partial charge is 0.229 e. The molecule has 1 aromatic carbocycles. The monoisotopic (exact) mass is 667 g/mol. The fourth-order valence-electron chi connectivity index (χ4n) is 3.98. The molecule has 1 aromatic heterocycles. The lowest BCUT2D eigenvalue weighted by molar-refractivity contribution is -0.136. The highest BCUT2D eigenvalue weighted by molar-refractivity contribution is 9.10. The van der Waals surface area contributed by atoms with E-state index in [4.69, 9.17) is 28.4 Å². The van der Waals surface area contributed by atoms with Crippen LogP contribution in [0.5, 0.6) is 5.75 Å². The summed E-state index contributed by atoms with van der Waals surface area (Å²) in [6, 6.07) is 7.56. The molecule has 1 saturated carbocycles. The Bertz CT molecular complexity index is 1050. The van der Waals surface area contributed by atoms with Crippen LogP contribution < -0.4 is 15.4 Å². The fourth-order valence-corrected chi connectivity index (χ4v) is 4.31. The van der Waals surface area contributed by atoms with Gasteiger partial charge in [0.15, 0.2) is 0 Å². The second kappa shape index (κ2) is 21.2. The molecule has 1 aliphatic carbocycles. The summed E-state index contributed by atoms with van der Waals surface area (Å²) in [5, 5.41) is 6.50. The number of carbonyl (C=O) groups excluding carboxylic acids is 1. The van der Waals surface area contributed by atoms with Gasteiger partial charge in [-0.15, -0.1) is 0 Å². The van der Waals surface area contributed by atoms with Crippen LogP contribution in [0.4, 0.5) is 17.5 Å². The minimum absolute atomic E-state index is 0.201. The normalized spacial score (nSPS) is 13.0. The first-order valence-corrected chi connectivity index (χ1v) is 15.8. The van der Waals surface area contributed by atoms with Crippen LogP contribution in [0.3, 0.4) is 0 Å². The summed E-state index contributed by atoms with van der Waals surface area (Å²) < 4.78 is 33.6. The largest absolute Gasteiger partial charge is 0.491 e. The lowest BCUT2D eigenvalue weighted by Crippen LogP contribution is -2.38. The molecule has 2 aromatic rings.